The second-order valence-electron chi connectivity index (χ2n) is 3.30. The van der Waals surface area contributed by atoms with Gasteiger partial charge in [0.05, 0.1) is 0 Å². The molecule has 9 heteroatoms. The standard InChI is InChI=1S/C7H19N3.2CH5N3/c8-4-1-2-6-10-7-3-5-9;2*2-1(3)4/h10H,1-9H2;2*(H5,2,3,4). The number of unbranched alkanes of at least 4 members (excludes halogenated alkanes) is 1. The summed E-state index contributed by atoms with van der Waals surface area (Å²) >= 11 is 0. The number of hydrogen-bond donors (Lipinski definition) is 9. The van der Waals surface area contributed by atoms with E-state index in [0.717, 1.165) is 39.0 Å². The van der Waals surface area contributed by atoms with Crippen molar-refractivity contribution < 1.29 is 0 Å². The highest BCUT2D eigenvalue weighted by molar-refractivity contribution is 5.72. The van der Waals surface area contributed by atoms with Crippen LogP contribution >= 0.6 is 0 Å². The number of nitrogens with one attached hydrogen (secondary N) is 3. The lowest BCUT2D eigenvalue weighted by molar-refractivity contribution is 0.611. The van der Waals surface area contributed by atoms with E-state index in [9.17, 15) is 0 Å². The van der Waals surface area contributed by atoms with Crippen LogP contribution in [-0.2, 0) is 0 Å². The minimum absolute atomic E-state index is 0.333. The van der Waals surface area contributed by atoms with E-state index < -0.39 is 0 Å². The molecule has 0 unspecified atom stereocenters. The minimum atomic E-state index is -0.333. The fourth-order valence-electron chi connectivity index (χ4n) is 0.746. The number of hydrogen-bond acceptors (Lipinski definition) is 5. The largest absolute Gasteiger partial charge is 0.370 e. The van der Waals surface area contributed by atoms with Crippen molar-refractivity contribution in [2.45, 2.75) is 19.3 Å². The zero-order valence-corrected chi connectivity index (χ0v) is 10.9. The first-order valence-electron chi connectivity index (χ1n) is 5.68. The Morgan fingerprint density at radius 1 is 0.722 bits per heavy atom. The maximum absolute atomic E-state index is 6.06. The Bertz CT molecular complexity index is 155. The Kier molecular flexibility index (Phi) is 25.0. The summed E-state index contributed by atoms with van der Waals surface area (Å²) in [5.41, 5.74) is 28.5. The Balaban J connectivity index is -0.000000233. The van der Waals surface area contributed by atoms with Crippen LogP contribution < -0.4 is 39.7 Å². The smallest absolute Gasteiger partial charge is 0.183 e. The second-order valence-corrected chi connectivity index (χ2v) is 3.30. The molecule has 0 spiro atoms. The van der Waals surface area contributed by atoms with E-state index in [-0.39, 0.29) is 11.9 Å². The number of rotatable bonds is 7. The van der Waals surface area contributed by atoms with Gasteiger partial charge in [-0.15, -0.1) is 0 Å². The van der Waals surface area contributed by atoms with Gasteiger partial charge in [0, 0.05) is 0 Å². The van der Waals surface area contributed by atoms with Crippen LogP contribution in [0.4, 0.5) is 0 Å². The average molecular weight is 263 g/mol. The van der Waals surface area contributed by atoms with E-state index in [4.69, 9.17) is 22.3 Å². The summed E-state index contributed by atoms with van der Waals surface area (Å²) in [6.07, 6.45) is 3.37. The van der Waals surface area contributed by atoms with Gasteiger partial charge in [-0.3, -0.25) is 10.8 Å². The summed E-state index contributed by atoms with van der Waals surface area (Å²) < 4.78 is 0. The van der Waals surface area contributed by atoms with Crippen LogP contribution in [-0.4, -0.2) is 38.1 Å². The molecule has 0 bridgehead atoms. The van der Waals surface area contributed by atoms with Gasteiger partial charge in [-0.05, 0) is 45.4 Å². The summed E-state index contributed by atoms with van der Waals surface area (Å²) in [4.78, 5) is 0. The van der Waals surface area contributed by atoms with Crippen molar-refractivity contribution in [1.29, 1.82) is 10.8 Å². The molecule has 0 fully saturated rings. The maximum Gasteiger partial charge on any atom is 0.183 e. The lowest BCUT2D eigenvalue weighted by Gasteiger charge is -2.01. The predicted molar refractivity (Wildman–Crippen MR) is 77.0 cm³/mol. The number of guanidine groups is 2. The molecule has 0 aromatic heterocycles. The van der Waals surface area contributed by atoms with E-state index in [1.165, 1.54) is 6.42 Å². The fourth-order valence-corrected chi connectivity index (χ4v) is 0.746. The third kappa shape index (κ3) is 88.4. The van der Waals surface area contributed by atoms with Gasteiger partial charge in [-0.2, -0.15) is 0 Å². The van der Waals surface area contributed by atoms with Crippen LogP contribution in [0.1, 0.15) is 19.3 Å². The predicted octanol–water partition coefficient (Wildman–Crippen LogP) is -2.66. The summed E-state index contributed by atoms with van der Waals surface area (Å²) in [6.45, 7) is 3.71. The average Bonchev–Trinajstić information content (AvgIpc) is 2.22. The first-order valence-corrected chi connectivity index (χ1v) is 5.68. The van der Waals surface area contributed by atoms with Crippen molar-refractivity contribution in [2.24, 2.45) is 34.4 Å². The van der Waals surface area contributed by atoms with Gasteiger partial charge >= 0.3 is 0 Å². The molecule has 0 aromatic carbocycles. The molecule has 0 amide bonds. The van der Waals surface area contributed by atoms with Gasteiger partial charge in [-0.1, -0.05) is 0 Å². The fraction of sp³-hybridized carbons (Fsp3) is 0.778. The summed E-state index contributed by atoms with van der Waals surface area (Å²) in [7, 11) is 0. The Morgan fingerprint density at radius 3 is 1.39 bits per heavy atom. The summed E-state index contributed by atoms with van der Waals surface area (Å²) in [6, 6.07) is 0. The summed E-state index contributed by atoms with van der Waals surface area (Å²) in [5, 5.41) is 15.4. The highest BCUT2D eigenvalue weighted by Crippen LogP contribution is 1.81. The Morgan fingerprint density at radius 2 is 1.06 bits per heavy atom. The number of nitrogens with two attached hydrogens (primary N) is 6. The van der Waals surface area contributed by atoms with E-state index >= 15 is 0 Å². The van der Waals surface area contributed by atoms with Crippen LogP contribution in [0, 0.1) is 10.8 Å². The molecule has 0 atom stereocenters. The summed E-state index contributed by atoms with van der Waals surface area (Å²) in [5.74, 6) is -0.667. The molecule has 15 N–H and O–H groups in total. The monoisotopic (exact) mass is 263 g/mol. The van der Waals surface area contributed by atoms with Crippen molar-refractivity contribution in [3.05, 3.63) is 0 Å². The SMILES string of the molecule is N=C(N)N.N=C(N)N.NCCCCNCCCN. The molecule has 0 saturated carbocycles. The Hall–Kier alpha value is -1.58. The molecule has 0 heterocycles. The molecule has 0 aliphatic carbocycles. The first kappa shape index (κ1) is 21.7. The van der Waals surface area contributed by atoms with Gasteiger partial charge < -0.3 is 39.7 Å². The molecule has 9 nitrogen and oxygen atoms in total. The molecule has 18 heavy (non-hydrogen) atoms. The van der Waals surface area contributed by atoms with Gasteiger partial charge in [0.15, 0.2) is 11.9 Å². The second kappa shape index (κ2) is 20.8. The quantitative estimate of drug-likeness (QED) is 0.135. The van der Waals surface area contributed by atoms with Crippen LogP contribution in [0.15, 0.2) is 0 Å². The zero-order valence-electron chi connectivity index (χ0n) is 10.9. The van der Waals surface area contributed by atoms with Crippen LogP contribution in [0.2, 0.25) is 0 Å². The Labute approximate surface area is 109 Å². The third-order valence-electron chi connectivity index (χ3n) is 1.37. The highest BCUT2D eigenvalue weighted by Gasteiger charge is 1.85. The topological polar surface area (TPSA) is 216 Å². The molecule has 0 rings (SSSR count). The van der Waals surface area contributed by atoms with Crippen molar-refractivity contribution in [1.82, 2.24) is 5.32 Å². The minimum Gasteiger partial charge on any atom is -0.370 e. The zero-order chi connectivity index (χ0) is 14.8. The van der Waals surface area contributed by atoms with Gasteiger partial charge in [-0.25, -0.2) is 0 Å². The molecular formula is C9H29N9. The molecule has 0 aliphatic rings. The van der Waals surface area contributed by atoms with Crippen LogP contribution in [0.5, 0.6) is 0 Å². The van der Waals surface area contributed by atoms with Crippen molar-refractivity contribution >= 4 is 11.9 Å². The lowest BCUT2D eigenvalue weighted by Crippen LogP contribution is -2.20. The van der Waals surface area contributed by atoms with Gasteiger partial charge in [0.25, 0.3) is 0 Å². The van der Waals surface area contributed by atoms with Crippen molar-refractivity contribution in [2.75, 3.05) is 26.2 Å². The highest BCUT2D eigenvalue weighted by atomic mass is 14.9. The molecular weight excluding hydrogens is 234 g/mol. The maximum atomic E-state index is 6.06. The lowest BCUT2D eigenvalue weighted by atomic mass is 10.3. The van der Waals surface area contributed by atoms with Crippen LogP contribution in [0.3, 0.4) is 0 Å². The third-order valence-corrected chi connectivity index (χ3v) is 1.37. The van der Waals surface area contributed by atoms with Gasteiger partial charge in [0.1, 0.15) is 0 Å². The first-order chi connectivity index (χ1) is 8.38. The molecule has 0 radical (unpaired) electrons. The normalized spacial score (nSPS) is 8.33. The van der Waals surface area contributed by atoms with E-state index in [0.29, 0.717) is 0 Å². The molecule has 110 valence electrons. The van der Waals surface area contributed by atoms with E-state index in [1.807, 2.05) is 0 Å². The molecule has 0 saturated heterocycles. The molecule has 0 aromatic rings. The van der Waals surface area contributed by atoms with E-state index in [2.05, 4.69) is 28.3 Å². The van der Waals surface area contributed by atoms with Crippen molar-refractivity contribution in [3.8, 4) is 0 Å². The van der Waals surface area contributed by atoms with E-state index in [1.54, 1.807) is 0 Å². The van der Waals surface area contributed by atoms with Gasteiger partial charge in [0.2, 0.25) is 0 Å². The van der Waals surface area contributed by atoms with Crippen LogP contribution in [0.25, 0.3) is 0 Å². The van der Waals surface area contributed by atoms with Crippen molar-refractivity contribution in [3.63, 3.8) is 0 Å². The molecule has 0 aliphatic heterocycles.